The Kier molecular flexibility index (Phi) is 1.57. The molecule has 0 fully saturated rings. The molecule has 1 aromatic heterocycles. The van der Waals surface area contributed by atoms with Crippen molar-refractivity contribution in [1.82, 2.24) is 9.55 Å². The number of nitrogen functional groups attached to an aromatic ring is 1. The fourth-order valence-corrected chi connectivity index (χ4v) is 0.680. The van der Waals surface area contributed by atoms with Gasteiger partial charge < -0.3 is 16.1 Å². The van der Waals surface area contributed by atoms with Gasteiger partial charge in [0.25, 0.3) is 0 Å². The number of hydrogen-bond donors (Lipinski definition) is 2. The zero-order valence-electron chi connectivity index (χ0n) is 5.65. The Balaban J connectivity index is 3.47. The first-order chi connectivity index (χ1) is 4.75. The van der Waals surface area contributed by atoms with Crippen molar-refractivity contribution in [2.75, 3.05) is 5.73 Å². The molecule has 54 valence electrons. The van der Waals surface area contributed by atoms with Gasteiger partial charge in [0.15, 0.2) is 11.3 Å². The summed E-state index contributed by atoms with van der Waals surface area (Å²) < 4.78 is 1.70. The van der Waals surface area contributed by atoms with Crippen molar-refractivity contribution >= 4 is 5.82 Å². The number of aryl methyl sites for hydroxylation is 1. The van der Waals surface area contributed by atoms with Gasteiger partial charge in [0.2, 0.25) is 0 Å². The van der Waals surface area contributed by atoms with E-state index in [1.807, 2.05) is 0 Å². The molecule has 1 heterocycles. The van der Waals surface area contributed by atoms with E-state index < -0.39 is 0 Å². The van der Waals surface area contributed by atoms with Gasteiger partial charge in [-0.2, -0.15) is 5.10 Å². The number of hydrogen-bond acceptors (Lipinski definition) is 4. The summed E-state index contributed by atoms with van der Waals surface area (Å²) in [6, 6.07) is 0. The lowest BCUT2D eigenvalue weighted by Gasteiger charge is -1.98. The van der Waals surface area contributed by atoms with Gasteiger partial charge in [0.1, 0.15) is 0 Å². The van der Waals surface area contributed by atoms with Gasteiger partial charge in [-0.15, -0.1) is 0 Å². The van der Waals surface area contributed by atoms with Crippen molar-refractivity contribution in [3.05, 3.63) is 17.9 Å². The van der Waals surface area contributed by atoms with Crippen LogP contribution in [0, 0.1) is 0 Å². The molecule has 5 heteroatoms. The number of nitrogens with zero attached hydrogens (tertiary/aromatic N) is 3. The maximum Gasteiger partial charge on any atom is 0.194 e. The van der Waals surface area contributed by atoms with E-state index in [0.717, 1.165) is 0 Å². The second-order valence-corrected chi connectivity index (χ2v) is 1.88. The van der Waals surface area contributed by atoms with Crippen LogP contribution < -0.4 is 17.1 Å². The van der Waals surface area contributed by atoms with Crippen molar-refractivity contribution in [3.8, 4) is 0 Å². The van der Waals surface area contributed by atoms with Crippen LogP contribution in [0.2, 0.25) is 0 Å². The molecule has 0 spiro atoms. The largest absolute Gasteiger partial charge is 0.381 e. The maximum atomic E-state index is 5.43. The van der Waals surface area contributed by atoms with Crippen LogP contribution in [0.3, 0.4) is 0 Å². The molecule has 0 aliphatic rings. The summed E-state index contributed by atoms with van der Waals surface area (Å²) in [6.07, 6.45) is 3.31. The van der Waals surface area contributed by atoms with Crippen molar-refractivity contribution in [1.29, 1.82) is 0 Å². The Labute approximate surface area is 58.0 Å². The number of anilines is 1. The van der Waals surface area contributed by atoms with Crippen molar-refractivity contribution in [2.24, 2.45) is 18.0 Å². The van der Waals surface area contributed by atoms with Crippen LogP contribution in [0.25, 0.3) is 0 Å². The minimum Gasteiger partial charge on any atom is -0.381 e. The van der Waals surface area contributed by atoms with Crippen molar-refractivity contribution in [2.45, 2.75) is 0 Å². The molecule has 10 heavy (non-hydrogen) atoms. The summed E-state index contributed by atoms with van der Waals surface area (Å²) in [5, 5.41) is 3.45. The summed E-state index contributed by atoms with van der Waals surface area (Å²) in [4.78, 5) is 3.79. The summed E-state index contributed by atoms with van der Waals surface area (Å²) in [7, 11) is 1.80. The zero-order chi connectivity index (χ0) is 7.56. The lowest BCUT2D eigenvalue weighted by molar-refractivity contribution is 0.804. The SMILES string of the molecule is Cn1ccnc(N)c1=NN. The molecular weight excluding hydrogens is 130 g/mol. The van der Waals surface area contributed by atoms with E-state index in [1.54, 1.807) is 24.0 Å². The highest BCUT2D eigenvalue weighted by Gasteiger charge is 1.91. The average molecular weight is 139 g/mol. The van der Waals surface area contributed by atoms with Crippen LogP contribution >= 0.6 is 0 Å². The monoisotopic (exact) mass is 139 g/mol. The second-order valence-electron chi connectivity index (χ2n) is 1.88. The molecule has 0 aromatic carbocycles. The fourth-order valence-electron chi connectivity index (χ4n) is 0.680. The molecule has 5 nitrogen and oxygen atoms in total. The topological polar surface area (TPSA) is 82.2 Å². The van der Waals surface area contributed by atoms with E-state index in [1.165, 1.54) is 0 Å². The van der Waals surface area contributed by atoms with Crippen molar-refractivity contribution < 1.29 is 0 Å². The maximum absolute atomic E-state index is 5.43. The molecule has 0 radical (unpaired) electrons. The summed E-state index contributed by atoms with van der Waals surface area (Å²) in [5.41, 5.74) is 5.91. The van der Waals surface area contributed by atoms with Gasteiger partial charge in [-0.3, -0.25) is 0 Å². The Morgan fingerprint density at radius 1 is 1.70 bits per heavy atom. The van der Waals surface area contributed by atoms with Gasteiger partial charge in [-0.05, 0) is 0 Å². The van der Waals surface area contributed by atoms with E-state index in [-0.39, 0.29) is 0 Å². The van der Waals surface area contributed by atoms with E-state index >= 15 is 0 Å². The normalized spacial score (nSPS) is 11.9. The molecular formula is C5H9N5. The van der Waals surface area contributed by atoms with Gasteiger partial charge in [-0.25, -0.2) is 4.98 Å². The minimum atomic E-state index is 0.340. The third-order valence-corrected chi connectivity index (χ3v) is 1.19. The van der Waals surface area contributed by atoms with Crippen LogP contribution in [-0.2, 0) is 7.05 Å². The highest BCUT2D eigenvalue weighted by atomic mass is 15.2. The quantitative estimate of drug-likeness (QED) is 0.349. The van der Waals surface area contributed by atoms with Crippen LogP contribution in [0.4, 0.5) is 5.82 Å². The molecule has 0 bridgehead atoms. The number of nitrogens with two attached hydrogens (primary N) is 2. The summed E-state index contributed by atoms with van der Waals surface area (Å²) in [6.45, 7) is 0. The second kappa shape index (κ2) is 2.38. The van der Waals surface area contributed by atoms with Gasteiger partial charge in [0, 0.05) is 19.4 Å². The summed E-state index contributed by atoms with van der Waals surface area (Å²) in [5.74, 6) is 5.38. The zero-order valence-corrected chi connectivity index (χ0v) is 5.65. The van der Waals surface area contributed by atoms with Crippen LogP contribution in [0.1, 0.15) is 0 Å². The smallest absolute Gasteiger partial charge is 0.194 e. The molecule has 0 atom stereocenters. The molecule has 4 N–H and O–H groups in total. The lowest BCUT2D eigenvalue weighted by Crippen LogP contribution is -2.24. The van der Waals surface area contributed by atoms with E-state index in [2.05, 4.69) is 10.1 Å². The highest BCUT2D eigenvalue weighted by molar-refractivity contribution is 5.21. The van der Waals surface area contributed by atoms with Crippen molar-refractivity contribution in [3.63, 3.8) is 0 Å². The highest BCUT2D eigenvalue weighted by Crippen LogP contribution is 1.81. The van der Waals surface area contributed by atoms with Gasteiger partial charge >= 0.3 is 0 Å². The molecule has 0 saturated carbocycles. The first-order valence-corrected chi connectivity index (χ1v) is 2.76. The Hall–Kier alpha value is -1.52. The Morgan fingerprint density at radius 3 is 2.80 bits per heavy atom. The van der Waals surface area contributed by atoms with Crippen LogP contribution in [-0.4, -0.2) is 9.55 Å². The Bertz CT molecular complexity index is 263. The number of aromatic nitrogens is 2. The Morgan fingerprint density at radius 2 is 2.40 bits per heavy atom. The summed E-state index contributed by atoms with van der Waals surface area (Å²) >= 11 is 0. The first kappa shape index (κ1) is 6.60. The average Bonchev–Trinajstić information content (AvgIpc) is 1.88. The van der Waals surface area contributed by atoms with E-state index in [0.29, 0.717) is 11.3 Å². The molecule has 0 unspecified atom stereocenters. The van der Waals surface area contributed by atoms with E-state index in [9.17, 15) is 0 Å². The molecule has 0 aliphatic carbocycles. The number of rotatable bonds is 0. The molecule has 0 amide bonds. The van der Waals surface area contributed by atoms with E-state index in [4.69, 9.17) is 11.6 Å². The first-order valence-electron chi connectivity index (χ1n) is 2.76. The molecule has 1 rings (SSSR count). The minimum absolute atomic E-state index is 0.340. The van der Waals surface area contributed by atoms with Crippen LogP contribution in [0.15, 0.2) is 17.5 Å². The van der Waals surface area contributed by atoms with Crippen LogP contribution in [0.5, 0.6) is 0 Å². The lowest BCUT2D eigenvalue weighted by atomic mass is 10.6. The van der Waals surface area contributed by atoms with Gasteiger partial charge in [-0.1, -0.05) is 0 Å². The molecule has 0 saturated heterocycles. The molecule has 1 aromatic rings. The predicted molar refractivity (Wildman–Crippen MR) is 37.4 cm³/mol. The standard InChI is InChI=1S/C5H9N5/c1-10-3-2-8-4(6)5(10)9-7/h2-3H,7H2,1H3,(H2,6,8). The predicted octanol–water partition coefficient (Wildman–Crippen LogP) is -1.22. The molecule has 0 aliphatic heterocycles. The van der Waals surface area contributed by atoms with Gasteiger partial charge in [0.05, 0.1) is 0 Å². The third-order valence-electron chi connectivity index (χ3n) is 1.19. The fraction of sp³-hybridized carbons (Fsp3) is 0.200. The third kappa shape index (κ3) is 0.928.